The smallest absolute Gasteiger partial charge is 0.0355 e. The largest absolute Gasteiger partial charge is 0.135 e. The standard InChI is InChI=1S/C31H22S/c1-31(2)27-9-5-4-8-25(27)26-18-15-22(19-28(26)31)12-11-21-13-16-23(17-14-21)30-20-24-7-3-6-10-29(24)32-30/h3-10,13-20H,1-2H3. The number of thiophene rings is 1. The Bertz CT molecular complexity index is 1500. The summed E-state index contributed by atoms with van der Waals surface area (Å²) in [5.41, 5.74) is 8.82. The maximum Gasteiger partial charge on any atom is 0.0355 e. The molecule has 0 aliphatic heterocycles. The number of benzene rings is 4. The number of fused-ring (bicyclic) bond motifs is 4. The summed E-state index contributed by atoms with van der Waals surface area (Å²) in [6, 6.07) is 34.8. The minimum atomic E-state index is 0.00944. The second-order valence-corrected chi connectivity index (χ2v) is 9.99. The maximum absolute atomic E-state index is 3.39. The van der Waals surface area contributed by atoms with Crippen molar-refractivity contribution in [2.24, 2.45) is 0 Å². The maximum atomic E-state index is 3.39. The van der Waals surface area contributed by atoms with E-state index in [2.05, 4.69) is 123 Å². The molecule has 0 nitrogen and oxygen atoms in total. The van der Waals surface area contributed by atoms with Gasteiger partial charge in [0.05, 0.1) is 0 Å². The van der Waals surface area contributed by atoms with Gasteiger partial charge in [-0.2, -0.15) is 0 Å². The van der Waals surface area contributed by atoms with Crippen molar-refractivity contribution < 1.29 is 0 Å². The average molecular weight is 427 g/mol. The fraction of sp³-hybridized carbons (Fsp3) is 0.0968. The molecule has 0 atom stereocenters. The van der Waals surface area contributed by atoms with Gasteiger partial charge in [0.2, 0.25) is 0 Å². The normalized spacial score (nSPS) is 13.3. The Morgan fingerprint density at radius 3 is 2.16 bits per heavy atom. The van der Waals surface area contributed by atoms with Gasteiger partial charge in [0, 0.05) is 26.1 Å². The lowest BCUT2D eigenvalue weighted by Gasteiger charge is -2.21. The highest BCUT2D eigenvalue weighted by atomic mass is 32.1. The van der Waals surface area contributed by atoms with Crippen LogP contribution in [0.4, 0.5) is 0 Å². The summed E-state index contributed by atoms with van der Waals surface area (Å²) in [6.07, 6.45) is 0. The summed E-state index contributed by atoms with van der Waals surface area (Å²) in [7, 11) is 0. The van der Waals surface area contributed by atoms with Crippen molar-refractivity contribution in [2.45, 2.75) is 19.3 Å². The zero-order valence-corrected chi connectivity index (χ0v) is 19.0. The predicted molar refractivity (Wildman–Crippen MR) is 137 cm³/mol. The first-order valence-corrected chi connectivity index (χ1v) is 11.8. The first-order valence-electron chi connectivity index (χ1n) is 10.9. The molecule has 1 heterocycles. The summed E-state index contributed by atoms with van der Waals surface area (Å²) in [5.74, 6) is 6.75. The highest BCUT2D eigenvalue weighted by Crippen LogP contribution is 2.48. The molecule has 5 aromatic rings. The highest BCUT2D eigenvalue weighted by molar-refractivity contribution is 7.22. The first kappa shape index (κ1) is 19.1. The predicted octanol–water partition coefficient (Wildman–Crippen LogP) is 8.27. The van der Waals surface area contributed by atoms with Gasteiger partial charge in [0.25, 0.3) is 0 Å². The van der Waals surface area contributed by atoms with Crippen LogP contribution in [-0.4, -0.2) is 0 Å². The zero-order valence-electron chi connectivity index (χ0n) is 18.1. The molecule has 1 aliphatic rings. The van der Waals surface area contributed by atoms with Crippen molar-refractivity contribution in [3.63, 3.8) is 0 Å². The molecule has 0 radical (unpaired) electrons. The van der Waals surface area contributed by atoms with Crippen molar-refractivity contribution in [2.75, 3.05) is 0 Å². The molecule has 1 heteroatoms. The van der Waals surface area contributed by atoms with Gasteiger partial charge in [-0.15, -0.1) is 11.3 Å². The molecule has 0 fully saturated rings. The van der Waals surface area contributed by atoms with Crippen LogP contribution in [0.3, 0.4) is 0 Å². The zero-order chi connectivity index (χ0) is 21.7. The van der Waals surface area contributed by atoms with E-state index in [0.717, 1.165) is 11.1 Å². The summed E-state index contributed by atoms with van der Waals surface area (Å²) in [6.45, 7) is 4.61. The van der Waals surface area contributed by atoms with Crippen LogP contribution in [0.2, 0.25) is 0 Å². The molecular weight excluding hydrogens is 404 g/mol. The van der Waals surface area contributed by atoms with Gasteiger partial charge in [0.1, 0.15) is 0 Å². The van der Waals surface area contributed by atoms with E-state index in [-0.39, 0.29) is 5.41 Å². The van der Waals surface area contributed by atoms with Crippen LogP contribution in [0.5, 0.6) is 0 Å². The Hall–Kier alpha value is -3.60. The van der Waals surface area contributed by atoms with Gasteiger partial charge in [-0.05, 0) is 69.6 Å². The summed E-state index contributed by atoms with van der Waals surface area (Å²) < 4.78 is 1.33. The van der Waals surface area contributed by atoms with E-state index < -0.39 is 0 Å². The molecule has 6 rings (SSSR count). The van der Waals surface area contributed by atoms with E-state index in [4.69, 9.17) is 0 Å². The molecule has 0 bridgehead atoms. The van der Waals surface area contributed by atoms with Crippen molar-refractivity contribution in [3.8, 4) is 33.4 Å². The topological polar surface area (TPSA) is 0 Å². The lowest BCUT2D eigenvalue weighted by Crippen LogP contribution is -2.14. The molecule has 0 N–H and O–H groups in total. The van der Waals surface area contributed by atoms with E-state index in [1.807, 2.05) is 11.3 Å². The van der Waals surface area contributed by atoms with Crippen molar-refractivity contribution in [1.82, 2.24) is 0 Å². The van der Waals surface area contributed by atoms with E-state index in [9.17, 15) is 0 Å². The highest BCUT2D eigenvalue weighted by Gasteiger charge is 2.34. The summed E-state index contributed by atoms with van der Waals surface area (Å²) >= 11 is 1.84. The molecule has 0 saturated heterocycles. The van der Waals surface area contributed by atoms with E-state index in [1.165, 1.54) is 42.8 Å². The Morgan fingerprint density at radius 1 is 0.625 bits per heavy atom. The lowest BCUT2D eigenvalue weighted by atomic mass is 9.82. The van der Waals surface area contributed by atoms with Crippen molar-refractivity contribution in [3.05, 3.63) is 119 Å². The van der Waals surface area contributed by atoms with Gasteiger partial charge in [-0.1, -0.05) is 86.4 Å². The second kappa shape index (κ2) is 7.23. The van der Waals surface area contributed by atoms with Crippen LogP contribution in [0.25, 0.3) is 31.7 Å². The molecule has 0 unspecified atom stereocenters. The van der Waals surface area contributed by atoms with Gasteiger partial charge in [-0.25, -0.2) is 0 Å². The third-order valence-corrected chi connectivity index (χ3v) is 7.69. The first-order chi connectivity index (χ1) is 15.6. The van der Waals surface area contributed by atoms with Gasteiger partial charge >= 0.3 is 0 Å². The Labute approximate surface area is 193 Å². The van der Waals surface area contributed by atoms with E-state index in [0.29, 0.717) is 0 Å². The minimum Gasteiger partial charge on any atom is -0.135 e. The lowest BCUT2D eigenvalue weighted by molar-refractivity contribution is 0.660. The van der Waals surface area contributed by atoms with Crippen LogP contribution < -0.4 is 0 Å². The van der Waals surface area contributed by atoms with Crippen molar-refractivity contribution in [1.29, 1.82) is 0 Å². The van der Waals surface area contributed by atoms with Crippen LogP contribution >= 0.6 is 11.3 Å². The molecule has 1 aromatic heterocycles. The molecule has 0 spiro atoms. The van der Waals surface area contributed by atoms with E-state index in [1.54, 1.807) is 0 Å². The quantitative estimate of drug-likeness (QED) is 0.237. The molecule has 1 aliphatic carbocycles. The second-order valence-electron chi connectivity index (χ2n) is 8.91. The van der Waals surface area contributed by atoms with Crippen LogP contribution in [0.1, 0.15) is 36.1 Å². The number of rotatable bonds is 1. The van der Waals surface area contributed by atoms with Gasteiger partial charge in [-0.3, -0.25) is 0 Å². The molecule has 4 aromatic carbocycles. The number of hydrogen-bond donors (Lipinski definition) is 0. The monoisotopic (exact) mass is 426 g/mol. The molecular formula is C31H22S. The Balaban J connectivity index is 1.29. The molecule has 0 amide bonds. The fourth-order valence-electron chi connectivity index (χ4n) is 4.77. The van der Waals surface area contributed by atoms with Crippen LogP contribution in [0, 0.1) is 11.8 Å². The third-order valence-electron chi connectivity index (χ3n) is 6.53. The Kier molecular flexibility index (Phi) is 4.32. The van der Waals surface area contributed by atoms with Gasteiger partial charge in [0.15, 0.2) is 0 Å². The van der Waals surface area contributed by atoms with Gasteiger partial charge < -0.3 is 0 Å². The third kappa shape index (κ3) is 3.08. The SMILES string of the molecule is CC1(C)c2ccccc2-c2ccc(C#Cc3ccc(-c4cc5ccccc5s4)cc3)cc21. The fourth-order valence-corrected chi connectivity index (χ4v) is 5.84. The molecule has 0 saturated carbocycles. The molecule has 32 heavy (non-hydrogen) atoms. The minimum absolute atomic E-state index is 0.00944. The van der Waals surface area contributed by atoms with Crippen LogP contribution in [0.15, 0.2) is 97.1 Å². The van der Waals surface area contributed by atoms with E-state index >= 15 is 0 Å². The molecule has 152 valence electrons. The Morgan fingerprint density at radius 2 is 1.31 bits per heavy atom. The van der Waals surface area contributed by atoms with Crippen LogP contribution in [-0.2, 0) is 5.41 Å². The average Bonchev–Trinajstić information content (AvgIpc) is 3.36. The summed E-state index contributed by atoms with van der Waals surface area (Å²) in [5, 5.41) is 1.30. The summed E-state index contributed by atoms with van der Waals surface area (Å²) in [4.78, 5) is 1.30. The number of hydrogen-bond acceptors (Lipinski definition) is 1. The van der Waals surface area contributed by atoms with Crippen molar-refractivity contribution >= 4 is 21.4 Å².